The van der Waals surface area contributed by atoms with Crippen LogP contribution >= 0.6 is 0 Å². The van der Waals surface area contributed by atoms with Crippen molar-refractivity contribution in [3.05, 3.63) is 47.5 Å². The largest absolute Gasteiger partial charge is 0.508 e. The molecule has 2 aromatic rings. The van der Waals surface area contributed by atoms with Crippen LogP contribution in [0.2, 0.25) is 0 Å². The summed E-state index contributed by atoms with van der Waals surface area (Å²) in [5.74, 6) is 1.32. The number of hydrogen-bond acceptors (Lipinski definition) is 3. The fraction of sp³-hybridized carbons (Fsp3) is 0.357. The Balaban J connectivity index is 1.77. The van der Waals surface area contributed by atoms with Crippen molar-refractivity contribution >= 4 is 0 Å². The van der Waals surface area contributed by atoms with Gasteiger partial charge in [0.25, 0.3) is 0 Å². The minimum atomic E-state index is 0.199. The molecule has 1 aliphatic rings. The van der Waals surface area contributed by atoms with Gasteiger partial charge < -0.3 is 15.4 Å². The van der Waals surface area contributed by atoms with Gasteiger partial charge in [0.2, 0.25) is 0 Å². The van der Waals surface area contributed by atoms with Crippen LogP contribution in [0.4, 0.5) is 0 Å². The van der Waals surface area contributed by atoms with E-state index in [1.54, 1.807) is 12.3 Å². The third-order valence-corrected chi connectivity index (χ3v) is 3.59. The SMILES string of the molecule is CC(NC1CCc2cc(O)ccc21)c1ncc[nH]1. The van der Waals surface area contributed by atoms with Gasteiger partial charge in [0, 0.05) is 18.4 Å². The molecule has 0 radical (unpaired) electrons. The molecule has 0 bridgehead atoms. The van der Waals surface area contributed by atoms with Crippen molar-refractivity contribution in [3.8, 4) is 5.75 Å². The molecule has 2 unspecified atom stereocenters. The van der Waals surface area contributed by atoms with E-state index in [4.69, 9.17) is 0 Å². The lowest BCUT2D eigenvalue weighted by molar-refractivity contribution is 0.452. The van der Waals surface area contributed by atoms with Crippen molar-refractivity contribution in [3.63, 3.8) is 0 Å². The number of aromatic hydroxyl groups is 1. The Morgan fingerprint density at radius 2 is 2.39 bits per heavy atom. The minimum absolute atomic E-state index is 0.199. The molecule has 0 aliphatic heterocycles. The van der Waals surface area contributed by atoms with Crippen LogP contribution in [0.25, 0.3) is 0 Å². The second-order valence-electron chi connectivity index (χ2n) is 4.84. The van der Waals surface area contributed by atoms with Gasteiger partial charge in [-0.15, -0.1) is 0 Å². The fourth-order valence-electron chi connectivity index (χ4n) is 2.67. The lowest BCUT2D eigenvalue weighted by Crippen LogP contribution is -2.23. The molecular weight excluding hydrogens is 226 g/mol. The first-order valence-electron chi connectivity index (χ1n) is 6.31. The van der Waals surface area contributed by atoms with E-state index < -0.39 is 0 Å². The molecule has 0 fully saturated rings. The molecule has 0 spiro atoms. The Morgan fingerprint density at radius 1 is 1.50 bits per heavy atom. The summed E-state index contributed by atoms with van der Waals surface area (Å²) in [5.41, 5.74) is 2.55. The van der Waals surface area contributed by atoms with Crippen LogP contribution in [0.3, 0.4) is 0 Å². The normalized spacial score (nSPS) is 19.7. The lowest BCUT2D eigenvalue weighted by atomic mass is 10.1. The van der Waals surface area contributed by atoms with Crippen molar-refractivity contribution in [1.29, 1.82) is 0 Å². The zero-order valence-corrected chi connectivity index (χ0v) is 10.4. The van der Waals surface area contributed by atoms with Gasteiger partial charge in [-0.25, -0.2) is 4.98 Å². The summed E-state index contributed by atoms with van der Waals surface area (Å²) in [7, 11) is 0. The number of phenolic OH excluding ortho intramolecular Hbond substituents is 1. The molecule has 1 aromatic heterocycles. The number of phenols is 1. The van der Waals surface area contributed by atoms with Gasteiger partial charge in [-0.3, -0.25) is 0 Å². The van der Waals surface area contributed by atoms with Gasteiger partial charge in [0.05, 0.1) is 6.04 Å². The Bertz CT molecular complexity index is 536. The van der Waals surface area contributed by atoms with Crippen molar-refractivity contribution < 1.29 is 5.11 Å². The van der Waals surface area contributed by atoms with Crippen LogP contribution in [0.1, 0.15) is 42.4 Å². The van der Waals surface area contributed by atoms with E-state index in [0.29, 0.717) is 11.8 Å². The Hall–Kier alpha value is -1.81. The molecular formula is C14H17N3O. The van der Waals surface area contributed by atoms with E-state index in [-0.39, 0.29) is 6.04 Å². The molecule has 1 aromatic carbocycles. The summed E-state index contributed by atoms with van der Waals surface area (Å²) in [6.45, 7) is 2.11. The number of benzene rings is 1. The van der Waals surface area contributed by atoms with Crippen LogP contribution in [-0.2, 0) is 6.42 Å². The number of nitrogens with zero attached hydrogens (tertiary/aromatic N) is 1. The molecule has 1 heterocycles. The van der Waals surface area contributed by atoms with Crippen LogP contribution in [-0.4, -0.2) is 15.1 Å². The number of fused-ring (bicyclic) bond motifs is 1. The summed E-state index contributed by atoms with van der Waals surface area (Å²) in [6, 6.07) is 6.19. The highest BCUT2D eigenvalue weighted by atomic mass is 16.3. The highest BCUT2D eigenvalue weighted by molar-refractivity contribution is 5.40. The summed E-state index contributed by atoms with van der Waals surface area (Å²) in [5, 5.41) is 13.1. The standard InChI is InChI=1S/C14H17N3O/c1-9(14-15-6-7-16-14)17-13-5-2-10-8-11(18)3-4-12(10)13/h3-4,6-9,13,17-18H,2,5H2,1H3,(H,15,16). The number of aromatic nitrogens is 2. The monoisotopic (exact) mass is 243 g/mol. The number of rotatable bonds is 3. The number of hydrogen-bond donors (Lipinski definition) is 3. The second kappa shape index (κ2) is 4.46. The van der Waals surface area contributed by atoms with Gasteiger partial charge in [-0.1, -0.05) is 6.07 Å². The fourth-order valence-corrected chi connectivity index (χ4v) is 2.67. The first kappa shape index (κ1) is 11.3. The molecule has 2 atom stereocenters. The van der Waals surface area contributed by atoms with Crippen molar-refractivity contribution in [1.82, 2.24) is 15.3 Å². The van der Waals surface area contributed by atoms with Gasteiger partial charge >= 0.3 is 0 Å². The minimum Gasteiger partial charge on any atom is -0.508 e. The summed E-state index contributed by atoms with van der Waals surface area (Å²) >= 11 is 0. The third-order valence-electron chi connectivity index (χ3n) is 3.59. The molecule has 0 saturated carbocycles. The Kier molecular flexibility index (Phi) is 2.80. The van der Waals surface area contributed by atoms with E-state index in [0.717, 1.165) is 18.7 Å². The maximum Gasteiger partial charge on any atom is 0.122 e. The van der Waals surface area contributed by atoms with E-state index in [2.05, 4.69) is 22.2 Å². The van der Waals surface area contributed by atoms with E-state index in [1.165, 1.54) is 11.1 Å². The maximum atomic E-state index is 9.48. The summed E-state index contributed by atoms with van der Waals surface area (Å²) in [4.78, 5) is 7.40. The highest BCUT2D eigenvalue weighted by Crippen LogP contribution is 2.34. The molecule has 18 heavy (non-hydrogen) atoms. The van der Waals surface area contributed by atoms with Gasteiger partial charge in [-0.2, -0.15) is 0 Å². The number of H-pyrrole nitrogens is 1. The number of aromatic amines is 1. The zero-order valence-electron chi connectivity index (χ0n) is 10.4. The number of nitrogens with one attached hydrogen (secondary N) is 2. The van der Waals surface area contributed by atoms with Crippen molar-refractivity contribution in [2.45, 2.75) is 31.8 Å². The summed E-state index contributed by atoms with van der Waals surface area (Å²) < 4.78 is 0. The Morgan fingerprint density at radius 3 is 3.17 bits per heavy atom. The molecule has 3 rings (SSSR count). The molecule has 0 saturated heterocycles. The molecule has 4 nitrogen and oxygen atoms in total. The third kappa shape index (κ3) is 1.99. The van der Waals surface area contributed by atoms with Crippen LogP contribution in [0.5, 0.6) is 5.75 Å². The molecule has 4 heteroatoms. The first-order chi connectivity index (χ1) is 8.74. The van der Waals surface area contributed by atoms with Crippen molar-refractivity contribution in [2.24, 2.45) is 0 Å². The smallest absolute Gasteiger partial charge is 0.122 e. The summed E-state index contributed by atoms with van der Waals surface area (Å²) in [6.07, 6.45) is 5.71. The molecule has 1 aliphatic carbocycles. The predicted molar refractivity (Wildman–Crippen MR) is 69.3 cm³/mol. The second-order valence-corrected chi connectivity index (χ2v) is 4.84. The molecule has 94 valence electrons. The average Bonchev–Trinajstić information content (AvgIpc) is 2.98. The van der Waals surface area contributed by atoms with Gasteiger partial charge in [0.15, 0.2) is 0 Å². The van der Waals surface area contributed by atoms with E-state index in [9.17, 15) is 5.11 Å². The quantitative estimate of drug-likeness (QED) is 0.776. The van der Waals surface area contributed by atoms with Gasteiger partial charge in [-0.05, 0) is 43.0 Å². The topological polar surface area (TPSA) is 60.9 Å². The van der Waals surface area contributed by atoms with E-state index >= 15 is 0 Å². The van der Waals surface area contributed by atoms with Crippen LogP contribution < -0.4 is 5.32 Å². The Labute approximate surface area is 106 Å². The van der Waals surface area contributed by atoms with E-state index in [1.807, 2.05) is 18.3 Å². The number of aryl methyl sites for hydroxylation is 1. The van der Waals surface area contributed by atoms with Gasteiger partial charge in [0.1, 0.15) is 11.6 Å². The lowest BCUT2D eigenvalue weighted by Gasteiger charge is -2.18. The average molecular weight is 243 g/mol. The first-order valence-corrected chi connectivity index (χ1v) is 6.31. The number of imidazole rings is 1. The van der Waals surface area contributed by atoms with Crippen molar-refractivity contribution in [2.75, 3.05) is 0 Å². The highest BCUT2D eigenvalue weighted by Gasteiger charge is 2.24. The predicted octanol–water partition coefficient (Wildman–Crippen LogP) is 2.45. The molecule has 3 N–H and O–H groups in total. The van der Waals surface area contributed by atoms with Crippen LogP contribution in [0.15, 0.2) is 30.6 Å². The maximum absolute atomic E-state index is 9.48. The molecule has 0 amide bonds. The zero-order chi connectivity index (χ0) is 12.5. The van der Waals surface area contributed by atoms with Crippen LogP contribution in [0, 0.1) is 0 Å².